The van der Waals surface area contributed by atoms with Crippen molar-refractivity contribution in [2.45, 2.75) is 45.9 Å². The molecule has 7 heteroatoms. The number of nitrogens with zero attached hydrogens (tertiary/aromatic N) is 2. The van der Waals surface area contributed by atoms with Crippen molar-refractivity contribution in [2.75, 3.05) is 20.1 Å². The Bertz CT molecular complexity index is 870. The molecular weight excluding hydrogens is 503 g/mol. The standard InChI is InChI=1S/C24H32N4O2.HI/c1-18-6-4-7-22(14-18)30-19(2)15-26-24(25-3)27-16-20-9-11-21(12-10-20)17-28-13-5-8-23(28)29;/h4,6-7,9-12,14,19H,5,8,13,15-17H2,1-3H3,(H2,25,26,27);1H. The zero-order valence-corrected chi connectivity index (χ0v) is 20.9. The van der Waals surface area contributed by atoms with Crippen LogP contribution in [0.4, 0.5) is 0 Å². The van der Waals surface area contributed by atoms with Crippen LogP contribution < -0.4 is 15.4 Å². The SMILES string of the molecule is CN=C(NCc1ccc(CN2CCCC2=O)cc1)NCC(C)Oc1cccc(C)c1.I. The van der Waals surface area contributed by atoms with Crippen LogP contribution in [-0.2, 0) is 17.9 Å². The minimum absolute atomic E-state index is 0. The third-order valence-corrected chi connectivity index (χ3v) is 5.14. The van der Waals surface area contributed by atoms with Crippen molar-refractivity contribution in [3.8, 4) is 5.75 Å². The molecular formula is C24H33IN4O2. The van der Waals surface area contributed by atoms with Crippen LogP contribution in [0.25, 0.3) is 0 Å². The number of nitrogens with one attached hydrogen (secondary N) is 2. The van der Waals surface area contributed by atoms with Crippen LogP contribution in [0.2, 0.25) is 0 Å². The number of likely N-dealkylation sites (tertiary alicyclic amines) is 1. The fraction of sp³-hybridized carbons (Fsp3) is 0.417. The van der Waals surface area contributed by atoms with Gasteiger partial charge in [-0.3, -0.25) is 9.79 Å². The van der Waals surface area contributed by atoms with E-state index in [4.69, 9.17) is 4.74 Å². The largest absolute Gasteiger partial charge is 0.489 e. The molecule has 31 heavy (non-hydrogen) atoms. The minimum Gasteiger partial charge on any atom is -0.489 e. The molecule has 0 radical (unpaired) electrons. The van der Waals surface area contributed by atoms with E-state index in [2.05, 4.69) is 52.9 Å². The van der Waals surface area contributed by atoms with Gasteiger partial charge in [0.25, 0.3) is 0 Å². The number of amides is 1. The zero-order valence-electron chi connectivity index (χ0n) is 18.6. The monoisotopic (exact) mass is 536 g/mol. The lowest BCUT2D eigenvalue weighted by Crippen LogP contribution is -2.41. The summed E-state index contributed by atoms with van der Waals surface area (Å²) in [6.07, 6.45) is 1.67. The summed E-state index contributed by atoms with van der Waals surface area (Å²) in [5.74, 6) is 1.88. The van der Waals surface area contributed by atoms with Crippen LogP contribution >= 0.6 is 24.0 Å². The molecule has 1 aliphatic heterocycles. The molecule has 2 N–H and O–H groups in total. The maximum absolute atomic E-state index is 11.8. The predicted octanol–water partition coefficient (Wildman–Crippen LogP) is 3.87. The first-order valence-electron chi connectivity index (χ1n) is 10.6. The Morgan fingerprint density at radius 2 is 1.90 bits per heavy atom. The van der Waals surface area contributed by atoms with Gasteiger partial charge in [0.05, 0.1) is 6.54 Å². The van der Waals surface area contributed by atoms with Crippen molar-refractivity contribution in [2.24, 2.45) is 4.99 Å². The molecule has 0 saturated carbocycles. The van der Waals surface area contributed by atoms with Crippen molar-refractivity contribution in [3.05, 3.63) is 65.2 Å². The molecule has 1 atom stereocenters. The predicted molar refractivity (Wildman–Crippen MR) is 136 cm³/mol. The van der Waals surface area contributed by atoms with E-state index in [-0.39, 0.29) is 36.0 Å². The van der Waals surface area contributed by atoms with Crippen LogP contribution in [0, 0.1) is 6.92 Å². The molecule has 168 valence electrons. The van der Waals surface area contributed by atoms with Gasteiger partial charge in [-0.2, -0.15) is 0 Å². The number of hydrogen-bond acceptors (Lipinski definition) is 3. The van der Waals surface area contributed by atoms with Crippen molar-refractivity contribution in [1.82, 2.24) is 15.5 Å². The summed E-state index contributed by atoms with van der Waals surface area (Å²) >= 11 is 0. The molecule has 1 fully saturated rings. The van der Waals surface area contributed by atoms with Crippen LogP contribution in [0.15, 0.2) is 53.5 Å². The van der Waals surface area contributed by atoms with Crippen LogP contribution in [0.5, 0.6) is 5.75 Å². The Morgan fingerprint density at radius 3 is 2.55 bits per heavy atom. The molecule has 6 nitrogen and oxygen atoms in total. The Balaban J connectivity index is 0.00000341. The topological polar surface area (TPSA) is 66.0 Å². The van der Waals surface area contributed by atoms with Gasteiger partial charge in [-0.25, -0.2) is 0 Å². The minimum atomic E-state index is 0. The first-order valence-corrected chi connectivity index (χ1v) is 10.6. The molecule has 1 heterocycles. The molecule has 2 aromatic carbocycles. The highest BCUT2D eigenvalue weighted by Crippen LogP contribution is 2.15. The van der Waals surface area contributed by atoms with E-state index < -0.39 is 0 Å². The number of rotatable bonds is 8. The fourth-order valence-electron chi connectivity index (χ4n) is 3.46. The van der Waals surface area contributed by atoms with Crippen LogP contribution in [-0.4, -0.2) is 43.0 Å². The maximum Gasteiger partial charge on any atom is 0.222 e. The van der Waals surface area contributed by atoms with E-state index in [1.54, 1.807) is 7.05 Å². The molecule has 1 saturated heterocycles. The second-order valence-electron chi connectivity index (χ2n) is 7.79. The number of carbonyl (C=O) groups excluding carboxylic acids is 1. The zero-order chi connectivity index (χ0) is 21.3. The molecule has 0 bridgehead atoms. The quantitative estimate of drug-likeness (QED) is 0.306. The van der Waals surface area contributed by atoms with Gasteiger partial charge in [0, 0.05) is 33.1 Å². The average molecular weight is 536 g/mol. The molecule has 3 rings (SSSR count). The summed E-state index contributed by atoms with van der Waals surface area (Å²) in [6, 6.07) is 16.4. The summed E-state index contributed by atoms with van der Waals surface area (Å²) in [5.41, 5.74) is 3.51. The van der Waals surface area contributed by atoms with Crippen LogP contribution in [0.3, 0.4) is 0 Å². The van der Waals surface area contributed by atoms with Crippen molar-refractivity contribution in [1.29, 1.82) is 0 Å². The second-order valence-corrected chi connectivity index (χ2v) is 7.79. The number of aliphatic imine (C=N–C) groups is 1. The van der Waals surface area contributed by atoms with Gasteiger partial charge in [-0.05, 0) is 49.1 Å². The van der Waals surface area contributed by atoms with Crippen molar-refractivity contribution in [3.63, 3.8) is 0 Å². The number of hydrogen-bond donors (Lipinski definition) is 2. The molecule has 2 aromatic rings. The fourth-order valence-corrected chi connectivity index (χ4v) is 3.46. The van der Waals surface area contributed by atoms with Crippen molar-refractivity contribution < 1.29 is 9.53 Å². The average Bonchev–Trinajstić information content (AvgIpc) is 3.13. The lowest BCUT2D eigenvalue weighted by molar-refractivity contribution is -0.128. The number of benzene rings is 2. The van der Waals surface area contributed by atoms with Crippen LogP contribution in [0.1, 0.15) is 36.5 Å². The normalized spacial score (nSPS) is 14.7. The first-order chi connectivity index (χ1) is 14.5. The van der Waals surface area contributed by atoms with Gasteiger partial charge in [-0.1, -0.05) is 36.4 Å². The summed E-state index contributed by atoms with van der Waals surface area (Å²) < 4.78 is 5.95. The molecule has 1 aliphatic rings. The van der Waals surface area contributed by atoms with Gasteiger partial charge in [0.1, 0.15) is 11.9 Å². The second kappa shape index (κ2) is 12.5. The number of guanidine groups is 1. The Hall–Kier alpha value is -2.29. The smallest absolute Gasteiger partial charge is 0.222 e. The van der Waals surface area contributed by atoms with E-state index >= 15 is 0 Å². The third-order valence-electron chi connectivity index (χ3n) is 5.14. The number of aryl methyl sites for hydroxylation is 1. The van der Waals surface area contributed by atoms with Gasteiger partial charge in [0.2, 0.25) is 5.91 Å². The van der Waals surface area contributed by atoms with Crippen molar-refractivity contribution >= 4 is 35.8 Å². The number of halogens is 1. The first kappa shape index (κ1) is 25.0. The Kier molecular flexibility index (Phi) is 10.1. The van der Waals surface area contributed by atoms with E-state index in [9.17, 15) is 4.79 Å². The van der Waals surface area contributed by atoms with E-state index in [0.29, 0.717) is 26.1 Å². The van der Waals surface area contributed by atoms with E-state index in [1.165, 1.54) is 16.7 Å². The van der Waals surface area contributed by atoms with E-state index in [0.717, 1.165) is 24.7 Å². The molecule has 0 aliphatic carbocycles. The van der Waals surface area contributed by atoms with E-state index in [1.807, 2.05) is 30.0 Å². The lowest BCUT2D eigenvalue weighted by atomic mass is 10.1. The highest BCUT2D eigenvalue weighted by atomic mass is 127. The molecule has 1 amide bonds. The Morgan fingerprint density at radius 1 is 1.16 bits per heavy atom. The Labute approximate surface area is 202 Å². The summed E-state index contributed by atoms with van der Waals surface area (Å²) in [5, 5.41) is 6.64. The van der Waals surface area contributed by atoms with Gasteiger partial charge < -0.3 is 20.3 Å². The van der Waals surface area contributed by atoms with Gasteiger partial charge >= 0.3 is 0 Å². The highest BCUT2D eigenvalue weighted by Gasteiger charge is 2.19. The van der Waals surface area contributed by atoms with Gasteiger partial charge in [0.15, 0.2) is 5.96 Å². The third kappa shape index (κ3) is 8.05. The summed E-state index contributed by atoms with van der Waals surface area (Å²) in [4.78, 5) is 18.0. The summed E-state index contributed by atoms with van der Waals surface area (Å²) in [7, 11) is 1.76. The summed E-state index contributed by atoms with van der Waals surface area (Å²) in [6.45, 7) is 6.99. The maximum atomic E-state index is 11.8. The molecule has 0 spiro atoms. The lowest BCUT2D eigenvalue weighted by Gasteiger charge is -2.18. The number of ether oxygens (including phenoxy) is 1. The molecule has 1 unspecified atom stereocenters. The molecule has 0 aromatic heterocycles. The highest BCUT2D eigenvalue weighted by molar-refractivity contribution is 14.0. The number of carbonyl (C=O) groups is 1. The van der Waals surface area contributed by atoms with Gasteiger partial charge in [-0.15, -0.1) is 24.0 Å².